The SMILES string of the molecule is C=CCC(C)(C)C1CCC(C(c2ccccc2)(c2ccccc2)C2C3C=C(C)C=CC3C3C=CC(C(C)(C)C)=CC32)C1.[CH3-].[CH3-].[Cl][Zr+2][Cl]. The van der Waals surface area contributed by atoms with Crippen LogP contribution in [0.1, 0.15) is 78.4 Å². The van der Waals surface area contributed by atoms with Crippen LogP contribution in [-0.2, 0) is 26.3 Å². The molecule has 0 aliphatic heterocycles. The van der Waals surface area contributed by atoms with E-state index in [0.29, 0.717) is 41.4 Å². The molecule has 0 nitrogen and oxygen atoms in total. The molecule has 0 bridgehead atoms. The van der Waals surface area contributed by atoms with Gasteiger partial charge in [-0.15, -0.1) is 6.58 Å². The summed E-state index contributed by atoms with van der Waals surface area (Å²) in [5.41, 5.74) is 6.31. The zero-order valence-electron chi connectivity index (χ0n) is 30.1. The number of rotatable bonds is 7. The van der Waals surface area contributed by atoms with Crippen LogP contribution in [0, 0.1) is 67.1 Å². The normalized spacial score (nSPS) is 27.8. The molecule has 6 rings (SSSR count). The van der Waals surface area contributed by atoms with E-state index in [2.05, 4.69) is 151 Å². The van der Waals surface area contributed by atoms with Crippen LogP contribution < -0.4 is 0 Å². The quantitative estimate of drug-likeness (QED) is 0.195. The number of halogens is 2. The first kappa shape index (κ1) is 40.0. The second kappa shape index (κ2) is 16.5. The fraction of sp³-hybridized carbons (Fsp3) is 0.455. The second-order valence-corrected chi connectivity index (χ2v) is 19.4. The molecule has 2 aromatic carbocycles. The number of benzene rings is 2. The monoisotopic (exact) mass is 746 g/mol. The van der Waals surface area contributed by atoms with Gasteiger partial charge in [0.1, 0.15) is 0 Å². The van der Waals surface area contributed by atoms with Crippen molar-refractivity contribution in [2.24, 2.45) is 52.3 Å². The molecule has 4 aliphatic carbocycles. The standard InChI is InChI=1S/C42H52.2CH3.2ClH.Zr/c1-8-25-41(6,7)33-20-21-34(27-33)42(30-15-11-9-12-16-30,31-17-13-10-14-18-31)39-37-26-29(2)19-23-35(37)36-24-22-32(28-38(36)39)40(3,4)5;;;;;/h8-19,22-24,26,28,33-39H,1,20-21,25,27H2,2-7H3;2*1H3;2*1H;/q;2*-1;;;+4/p-2. The Hall–Kier alpha value is -1.40. The van der Waals surface area contributed by atoms with Crippen LogP contribution in [0.5, 0.6) is 0 Å². The number of hydrogen-bond acceptors (Lipinski definition) is 0. The summed E-state index contributed by atoms with van der Waals surface area (Å²) in [6, 6.07) is 23.5. The second-order valence-electron chi connectivity index (χ2n) is 15.7. The molecule has 47 heavy (non-hydrogen) atoms. The van der Waals surface area contributed by atoms with Gasteiger partial charge in [-0.3, -0.25) is 0 Å². The van der Waals surface area contributed by atoms with Gasteiger partial charge >= 0.3 is 37.9 Å². The van der Waals surface area contributed by atoms with Crippen LogP contribution in [0.4, 0.5) is 0 Å². The van der Waals surface area contributed by atoms with Gasteiger partial charge in [0.2, 0.25) is 0 Å². The van der Waals surface area contributed by atoms with Crippen molar-refractivity contribution in [3.8, 4) is 0 Å². The van der Waals surface area contributed by atoms with E-state index >= 15 is 0 Å². The summed E-state index contributed by atoms with van der Waals surface area (Å²) in [6.45, 7) is 18.6. The molecule has 0 spiro atoms. The molecule has 2 saturated carbocycles. The van der Waals surface area contributed by atoms with Gasteiger partial charge in [0.25, 0.3) is 0 Å². The summed E-state index contributed by atoms with van der Waals surface area (Å²) in [7, 11) is 9.87. The van der Waals surface area contributed by atoms with Gasteiger partial charge in [-0.1, -0.05) is 143 Å². The number of hydrogen-bond donors (Lipinski definition) is 0. The number of allylic oxidation sites excluding steroid dienone is 9. The van der Waals surface area contributed by atoms with Gasteiger partial charge in [-0.2, -0.15) is 0 Å². The average molecular weight is 749 g/mol. The summed E-state index contributed by atoms with van der Waals surface area (Å²) >= 11 is -0.826. The van der Waals surface area contributed by atoms with Crippen LogP contribution in [-0.4, -0.2) is 0 Å². The molecule has 2 aromatic rings. The van der Waals surface area contributed by atoms with Crippen LogP contribution in [0.25, 0.3) is 0 Å². The van der Waals surface area contributed by atoms with Crippen molar-refractivity contribution in [2.75, 3.05) is 0 Å². The van der Waals surface area contributed by atoms with E-state index in [4.69, 9.17) is 17.0 Å². The topological polar surface area (TPSA) is 0 Å². The minimum absolute atomic E-state index is 0. The molecule has 2 fully saturated rings. The molecule has 0 saturated heterocycles. The Balaban J connectivity index is 0.00000116. The maximum absolute atomic E-state index is 4.93. The Labute approximate surface area is 307 Å². The summed E-state index contributed by atoms with van der Waals surface area (Å²) in [5, 5.41) is 0. The van der Waals surface area contributed by atoms with Crippen LogP contribution in [0.2, 0.25) is 0 Å². The van der Waals surface area contributed by atoms with E-state index in [0.717, 1.165) is 6.42 Å². The molecular weight excluding hydrogens is 691 g/mol. The van der Waals surface area contributed by atoms with Crippen molar-refractivity contribution in [1.29, 1.82) is 0 Å². The molecule has 0 radical (unpaired) electrons. The van der Waals surface area contributed by atoms with Gasteiger partial charge in [0.05, 0.1) is 0 Å². The van der Waals surface area contributed by atoms with Gasteiger partial charge in [-0.05, 0) is 102 Å². The van der Waals surface area contributed by atoms with Crippen LogP contribution >= 0.6 is 17.0 Å². The van der Waals surface area contributed by atoms with Crippen molar-refractivity contribution in [3.63, 3.8) is 0 Å². The summed E-state index contributed by atoms with van der Waals surface area (Å²) in [4.78, 5) is 0. The fourth-order valence-electron chi connectivity index (χ4n) is 9.76. The molecule has 4 aliphatic rings. The fourth-order valence-corrected chi connectivity index (χ4v) is 9.76. The van der Waals surface area contributed by atoms with Gasteiger partial charge in [0.15, 0.2) is 0 Å². The van der Waals surface area contributed by atoms with Gasteiger partial charge in [-0.25, -0.2) is 0 Å². The molecule has 0 heterocycles. The molecule has 3 heteroatoms. The van der Waals surface area contributed by atoms with Gasteiger partial charge < -0.3 is 14.9 Å². The third-order valence-corrected chi connectivity index (χ3v) is 11.8. The third kappa shape index (κ3) is 7.84. The van der Waals surface area contributed by atoms with Crippen LogP contribution in [0.15, 0.2) is 121 Å². The average Bonchev–Trinajstić information content (AvgIpc) is 3.63. The summed E-state index contributed by atoms with van der Waals surface area (Å²) < 4.78 is 0. The zero-order chi connectivity index (χ0) is 32.4. The predicted octanol–water partition coefficient (Wildman–Crippen LogP) is 13.4. The molecule has 7 unspecified atom stereocenters. The summed E-state index contributed by atoms with van der Waals surface area (Å²) in [6.07, 6.45) is 22.5. The Morgan fingerprint density at radius 1 is 0.745 bits per heavy atom. The Kier molecular flexibility index (Phi) is 14.1. The van der Waals surface area contributed by atoms with Crippen molar-refractivity contribution in [3.05, 3.63) is 147 Å². The van der Waals surface area contributed by atoms with E-state index in [1.54, 1.807) is 0 Å². The van der Waals surface area contributed by atoms with Crippen molar-refractivity contribution < 1.29 is 20.8 Å². The number of fused-ring (bicyclic) bond motifs is 3. The first-order valence-electron chi connectivity index (χ1n) is 16.9. The van der Waals surface area contributed by atoms with E-state index in [1.165, 1.54) is 41.5 Å². The molecule has 7 atom stereocenters. The van der Waals surface area contributed by atoms with Crippen molar-refractivity contribution in [2.45, 2.75) is 72.6 Å². The summed E-state index contributed by atoms with van der Waals surface area (Å²) in [5.74, 6) is 3.84. The zero-order valence-corrected chi connectivity index (χ0v) is 34.1. The first-order valence-corrected chi connectivity index (χ1v) is 23.3. The molecule has 0 amide bonds. The van der Waals surface area contributed by atoms with Gasteiger partial charge in [0, 0.05) is 5.41 Å². The Morgan fingerprint density at radius 3 is 1.74 bits per heavy atom. The van der Waals surface area contributed by atoms with E-state index in [-0.39, 0.29) is 31.1 Å². The Morgan fingerprint density at radius 2 is 1.23 bits per heavy atom. The molecular formula is C44H58Cl2Zr. The molecule has 0 aromatic heterocycles. The predicted molar refractivity (Wildman–Crippen MR) is 205 cm³/mol. The van der Waals surface area contributed by atoms with Crippen molar-refractivity contribution >= 4 is 17.0 Å². The van der Waals surface area contributed by atoms with Crippen molar-refractivity contribution in [1.82, 2.24) is 0 Å². The molecule has 0 N–H and O–H groups in total. The first-order chi connectivity index (χ1) is 21.5. The van der Waals surface area contributed by atoms with Crippen LogP contribution in [0.3, 0.4) is 0 Å². The Bertz CT molecular complexity index is 1380. The van der Waals surface area contributed by atoms with E-state index < -0.39 is 20.8 Å². The molecule has 252 valence electrons. The third-order valence-electron chi connectivity index (χ3n) is 11.8. The van der Waals surface area contributed by atoms with E-state index in [9.17, 15) is 0 Å². The van der Waals surface area contributed by atoms with E-state index in [1.807, 2.05) is 0 Å². The minimum atomic E-state index is -0.826. The maximum atomic E-state index is 4.93.